The van der Waals surface area contributed by atoms with Gasteiger partial charge in [0.1, 0.15) is 5.82 Å². The third-order valence-electron chi connectivity index (χ3n) is 3.03. The van der Waals surface area contributed by atoms with Crippen molar-refractivity contribution in [1.82, 2.24) is 14.9 Å². The van der Waals surface area contributed by atoms with Gasteiger partial charge in [-0.2, -0.15) is 0 Å². The average molecular weight is 290 g/mol. The zero-order valence-electron chi connectivity index (χ0n) is 11.6. The fourth-order valence-corrected chi connectivity index (χ4v) is 2.47. The second kappa shape index (κ2) is 6.58. The SMILES string of the molecule is CSc1nc(N)c(CNCc2ccccc2)c(=O)n1C. The molecule has 2 aromatic rings. The van der Waals surface area contributed by atoms with Crippen LogP contribution in [0, 0.1) is 0 Å². The first kappa shape index (κ1) is 14.6. The Kier molecular flexibility index (Phi) is 4.81. The van der Waals surface area contributed by atoms with Crippen molar-refractivity contribution in [1.29, 1.82) is 0 Å². The predicted molar refractivity (Wildman–Crippen MR) is 82.7 cm³/mol. The summed E-state index contributed by atoms with van der Waals surface area (Å²) < 4.78 is 1.53. The Morgan fingerprint density at radius 1 is 1.30 bits per heavy atom. The minimum absolute atomic E-state index is 0.0950. The highest BCUT2D eigenvalue weighted by Gasteiger charge is 2.11. The monoisotopic (exact) mass is 290 g/mol. The van der Waals surface area contributed by atoms with Crippen LogP contribution in [0.3, 0.4) is 0 Å². The minimum Gasteiger partial charge on any atom is -0.383 e. The Morgan fingerprint density at radius 3 is 2.65 bits per heavy atom. The number of nitrogens with two attached hydrogens (primary N) is 1. The van der Waals surface area contributed by atoms with Crippen molar-refractivity contribution in [3.05, 3.63) is 51.8 Å². The summed E-state index contributed by atoms with van der Waals surface area (Å²) in [7, 11) is 1.71. The molecule has 6 heteroatoms. The highest BCUT2D eigenvalue weighted by molar-refractivity contribution is 7.98. The second-order valence-electron chi connectivity index (χ2n) is 4.42. The number of thioether (sulfide) groups is 1. The first-order valence-electron chi connectivity index (χ1n) is 6.27. The molecule has 0 aliphatic carbocycles. The number of nitrogens with one attached hydrogen (secondary N) is 1. The quantitative estimate of drug-likeness (QED) is 0.643. The summed E-state index contributed by atoms with van der Waals surface area (Å²) in [6, 6.07) is 10.0. The molecule has 0 spiro atoms. The van der Waals surface area contributed by atoms with E-state index in [0.29, 0.717) is 29.6 Å². The lowest BCUT2D eigenvalue weighted by molar-refractivity contribution is 0.648. The Bertz CT molecular complexity index is 640. The third-order valence-corrected chi connectivity index (χ3v) is 3.76. The number of hydrogen-bond donors (Lipinski definition) is 2. The maximum absolute atomic E-state index is 12.2. The van der Waals surface area contributed by atoms with E-state index in [1.165, 1.54) is 16.3 Å². The van der Waals surface area contributed by atoms with Crippen molar-refractivity contribution in [2.75, 3.05) is 12.0 Å². The van der Waals surface area contributed by atoms with E-state index in [1.54, 1.807) is 7.05 Å². The summed E-state index contributed by atoms with van der Waals surface area (Å²) in [4.78, 5) is 16.4. The summed E-state index contributed by atoms with van der Waals surface area (Å²) >= 11 is 1.40. The van der Waals surface area contributed by atoms with Crippen LogP contribution in [0.15, 0.2) is 40.3 Å². The van der Waals surface area contributed by atoms with Gasteiger partial charge in [0.25, 0.3) is 5.56 Å². The van der Waals surface area contributed by atoms with E-state index in [2.05, 4.69) is 10.3 Å². The van der Waals surface area contributed by atoms with Crippen LogP contribution in [0.1, 0.15) is 11.1 Å². The van der Waals surface area contributed by atoms with Gasteiger partial charge >= 0.3 is 0 Å². The average Bonchev–Trinajstić information content (AvgIpc) is 2.47. The van der Waals surface area contributed by atoms with Gasteiger partial charge < -0.3 is 11.1 Å². The summed E-state index contributed by atoms with van der Waals surface area (Å²) in [6.45, 7) is 1.10. The van der Waals surface area contributed by atoms with Crippen molar-refractivity contribution in [2.45, 2.75) is 18.2 Å². The van der Waals surface area contributed by atoms with Gasteiger partial charge in [0.2, 0.25) is 0 Å². The molecule has 0 unspecified atom stereocenters. The molecule has 0 aliphatic heterocycles. The fraction of sp³-hybridized carbons (Fsp3) is 0.286. The van der Waals surface area contributed by atoms with E-state index in [-0.39, 0.29) is 5.56 Å². The molecule has 0 bridgehead atoms. The number of benzene rings is 1. The van der Waals surface area contributed by atoms with Gasteiger partial charge in [-0.05, 0) is 11.8 Å². The molecule has 1 heterocycles. The zero-order chi connectivity index (χ0) is 14.5. The lowest BCUT2D eigenvalue weighted by atomic mass is 10.2. The molecule has 2 rings (SSSR count). The highest BCUT2D eigenvalue weighted by atomic mass is 32.2. The van der Waals surface area contributed by atoms with Crippen molar-refractivity contribution in [3.8, 4) is 0 Å². The van der Waals surface area contributed by atoms with Gasteiger partial charge in [-0.3, -0.25) is 9.36 Å². The molecule has 0 amide bonds. The Balaban J connectivity index is 2.10. The van der Waals surface area contributed by atoms with Crippen molar-refractivity contribution in [2.24, 2.45) is 7.05 Å². The largest absolute Gasteiger partial charge is 0.383 e. The van der Waals surface area contributed by atoms with Crippen LogP contribution in [0.5, 0.6) is 0 Å². The molecule has 1 aromatic heterocycles. The third kappa shape index (κ3) is 3.20. The first-order chi connectivity index (χ1) is 9.63. The lowest BCUT2D eigenvalue weighted by Crippen LogP contribution is -2.29. The predicted octanol–water partition coefficient (Wildman–Crippen LogP) is 1.37. The Morgan fingerprint density at radius 2 is 2.00 bits per heavy atom. The topological polar surface area (TPSA) is 72.9 Å². The van der Waals surface area contributed by atoms with Gasteiger partial charge in [0, 0.05) is 20.1 Å². The van der Waals surface area contributed by atoms with Crippen LogP contribution in [-0.2, 0) is 20.1 Å². The number of anilines is 1. The Labute approximate surface area is 122 Å². The Hall–Kier alpha value is -1.79. The fourth-order valence-electron chi connectivity index (χ4n) is 1.92. The zero-order valence-corrected chi connectivity index (χ0v) is 12.4. The summed E-state index contributed by atoms with van der Waals surface area (Å²) in [6.07, 6.45) is 1.87. The van der Waals surface area contributed by atoms with Crippen LogP contribution in [0.25, 0.3) is 0 Å². The molecule has 3 N–H and O–H groups in total. The molecule has 0 atom stereocenters. The van der Waals surface area contributed by atoms with Crippen LogP contribution >= 0.6 is 11.8 Å². The molecule has 0 aliphatic rings. The summed E-state index contributed by atoms with van der Waals surface area (Å²) in [5.41, 5.74) is 7.45. The van der Waals surface area contributed by atoms with Gasteiger partial charge in [-0.25, -0.2) is 4.98 Å². The molecular formula is C14H18N4OS. The molecule has 106 valence electrons. The van der Waals surface area contributed by atoms with Crippen molar-refractivity contribution < 1.29 is 0 Å². The van der Waals surface area contributed by atoms with Crippen LogP contribution in [0.2, 0.25) is 0 Å². The van der Waals surface area contributed by atoms with E-state index < -0.39 is 0 Å². The van der Waals surface area contributed by atoms with E-state index in [9.17, 15) is 4.79 Å². The number of aromatic nitrogens is 2. The van der Waals surface area contributed by atoms with Gasteiger partial charge in [-0.1, -0.05) is 42.1 Å². The number of nitrogen functional groups attached to an aromatic ring is 1. The van der Waals surface area contributed by atoms with E-state index in [0.717, 1.165) is 5.56 Å². The van der Waals surface area contributed by atoms with E-state index in [4.69, 9.17) is 5.73 Å². The van der Waals surface area contributed by atoms with Crippen molar-refractivity contribution >= 4 is 17.6 Å². The molecule has 20 heavy (non-hydrogen) atoms. The first-order valence-corrected chi connectivity index (χ1v) is 7.50. The minimum atomic E-state index is -0.0950. The maximum atomic E-state index is 12.2. The molecule has 0 radical (unpaired) electrons. The summed E-state index contributed by atoms with van der Waals surface area (Å²) in [5, 5.41) is 3.85. The van der Waals surface area contributed by atoms with E-state index >= 15 is 0 Å². The molecule has 0 saturated heterocycles. The second-order valence-corrected chi connectivity index (χ2v) is 5.19. The van der Waals surface area contributed by atoms with Crippen LogP contribution in [0.4, 0.5) is 5.82 Å². The number of nitrogens with zero attached hydrogens (tertiary/aromatic N) is 2. The molecule has 0 fully saturated rings. The smallest absolute Gasteiger partial charge is 0.260 e. The van der Waals surface area contributed by atoms with Crippen LogP contribution < -0.4 is 16.6 Å². The molecule has 5 nitrogen and oxygen atoms in total. The van der Waals surface area contributed by atoms with Crippen molar-refractivity contribution in [3.63, 3.8) is 0 Å². The summed E-state index contributed by atoms with van der Waals surface area (Å²) in [5.74, 6) is 0.304. The maximum Gasteiger partial charge on any atom is 0.260 e. The van der Waals surface area contributed by atoms with Gasteiger partial charge in [0.05, 0.1) is 5.56 Å². The number of rotatable bonds is 5. The van der Waals surface area contributed by atoms with Gasteiger partial charge in [0.15, 0.2) is 5.16 Å². The standard InChI is InChI=1S/C14H18N4OS/c1-18-13(19)11(12(15)17-14(18)20-2)9-16-8-10-6-4-3-5-7-10/h3-7,16H,8-9,15H2,1-2H3. The highest BCUT2D eigenvalue weighted by Crippen LogP contribution is 2.12. The molecular weight excluding hydrogens is 272 g/mol. The van der Waals surface area contributed by atoms with E-state index in [1.807, 2.05) is 36.6 Å². The van der Waals surface area contributed by atoms with Gasteiger partial charge in [-0.15, -0.1) is 0 Å². The molecule has 0 saturated carbocycles. The lowest BCUT2D eigenvalue weighted by Gasteiger charge is -2.11. The number of hydrogen-bond acceptors (Lipinski definition) is 5. The van der Waals surface area contributed by atoms with Crippen LogP contribution in [-0.4, -0.2) is 15.8 Å². The normalized spacial score (nSPS) is 10.7. The molecule has 1 aromatic carbocycles.